The average Bonchev–Trinajstić information content (AvgIpc) is 3.25. The highest BCUT2D eigenvalue weighted by Gasteiger charge is 2.34. The summed E-state index contributed by atoms with van der Waals surface area (Å²) in [5, 5.41) is 6.91. The number of aromatic nitrogens is 1. The molecule has 0 bridgehead atoms. The lowest BCUT2D eigenvalue weighted by molar-refractivity contribution is -0.135. The van der Waals surface area contributed by atoms with E-state index < -0.39 is 6.23 Å². The van der Waals surface area contributed by atoms with Gasteiger partial charge < -0.3 is 4.74 Å². The first kappa shape index (κ1) is 19.0. The first-order valence-corrected chi connectivity index (χ1v) is 10.2. The molecule has 1 aromatic heterocycles. The summed E-state index contributed by atoms with van der Waals surface area (Å²) >= 11 is 0. The van der Waals surface area contributed by atoms with Gasteiger partial charge in [-0.15, -0.1) is 5.10 Å². The van der Waals surface area contributed by atoms with E-state index in [9.17, 15) is 4.79 Å². The quantitative estimate of drug-likeness (QED) is 0.454. The van der Waals surface area contributed by atoms with E-state index in [-0.39, 0.29) is 5.91 Å². The summed E-state index contributed by atoms with van der Waals surface area (Å²) < 4.78 is 6.29. The van der Waals surface area contributed by atoms with E-state index >= 15 is 0 Å². The van der Waals surface area contributed by atoms with Crippen LogP contribution in [-0.4, -0.2) is 21.8 Å². The van der Waals surface area contributed by atoms with Gasteiger partial charge in [0.25, 0.3) is 0 Å². The molecular weight excluding hydrogens is 386 g/mol. The SMILES string of the molecule is CC(=O)N1N=C(c2cc(-c3ccccc3)nc3ccccc23)O[C@H]1c1cccc(C)c1. The number of hydrogen-bond acceptors (Lipinski definition) is 4. The van der Waals surface area contributed by atoms with Gasteiger partial charge >= 0.3 is 0 Å². The number of nitrogens with zero attached hydrogens (tertiary/aromatic N) is 3. The number of ether oxygens (including phenoxy) is 1. The van der Waals surface area contributed by atoms with Crippen molar-refractivity contribution in [2.75, 3.05) is 0 Å². The fourth-order valence-electron chi connectivity index (χ4n) is 3.82. The number of carbonyl (C=O) groups excluding carboxylic acids is 1. The van der Waals surface area contributed by atoms with Crippen LogP contribution in [-0.2, 0) is 9.53 Å². The van der Waals surface area contributed by atoms with Crippen LogP contribution in [0.4, 0.5) is 0 Å². The molecule has 5 nitrogen and oxygen atoms in total. The Bertz CT molecular complexity index is 1310. The van der Waals surface area contributed by atoms with Crippen LogP contribution >= 0.6 is 0 Å². The van der Waals surface area contributed by atoms with E-state index in [1.165, 1.54) is 11.9 Å². The van der Waals surface area contributed by atoms with Crippen molar-refractivity contribution in [1.29, 1.82) is 0 Å². The molecular formula is C26H21N3O2. The molecule has 1 atom stereocenters. The molecule has 4 aromatic rings. The third kappa shape index (κ3) is 3.55. The second-order valence-corrected chi connectivity index (χ2v) is 7.59. The first-order valence-electron chi connectivity index (χ1n) is 10.2. The van der Waals surface area contributed by atoms with E-state index in [1.54, 1.807) is 0 Å². The van der Waals surface area contributed by atoms with Gasteiger partial charge in [0.05, 0.1) is 11.2 Å². The Balaban J connectivity index is 1.65. The predicted octanol–water partition coefficient (Wildman–Crippen LogP) is 5.45. The van der Waals surface area contributed by atoms with Crippen molar-refractivity contribution in [1.82, 2.24) is 9.99 Å². The molecule has 31 heavy (non-hydrogen) atoms. The van der Waals surface area contributed by atoms with Gasteiger partial charge in [0, 0.05) is 29.0 Å². The summed E-state index contributed by atoms with van der Waals surface area (Å²) in [7, 11) is 0. The molecule has 0 N–H and O–H groups in total. The number of amides is 1. The van der Waals surface area contributed by atoms with Gasteiger partial charge in [-0.05, 0) is 19.1 Å². The minimum absolute atomic E-state index is 0.178. The van der Waals surface area contributed by atoms with Crippen LogP contribution in [0, 0.1) is 6.92 Å². The zero-order valence-corrected chi connectivity index (χ0v) is 17.3. The molecule has 0 saturated heterocycles. The average molecular weight is 407 g/mol. The van der Waals surface area contributed by atoms with Gasteiger partial charge in [-0.2, -0.15) is 5.01 Å². The molecule has 0 spiro atoms. The summed E-state index contributed by atoms with van der Waals surface area (Å²) in [5.41, 5.74) is 5.47. The molecule has 5 heteroatoms. The fraction of sp³-hybridized carbons (Fsp3) is 0.115. The Kier molecular flexibility index (Phi) is 4.71. The highest BCUT2D eigenvalue weighted by atomic mass is 16.5. The number of benzene rings is 3. The lowest BCUT2D eigenvalue weighted by atomic mass is 10.0. The lowest BCUT2D eigenvalue weighted by Gasteiger charge is -2.19. The zero-order valence-electron chi connectivity index (χ0n) is 17.3. The van der Waals surface area contributed by atoms with Crippen LogP contribution in [0.15, 0.2) is 90.0 Å². The van der Waals surface area contributed by atoms with Crippen molar-refractivity contribution in [3.63, 3.8) is 0 Å². The molecule has 0 fully saturated rings. The number of carbonyl (C=O) groups is 1. The van der Waals surface area contributed by atoms with E-state index in [0.29, 0.717) is 5.90 Å². The van der Waals surface area contributed by atoms with E-state index in [0.717, 1.165) is 38.9 Å². The van der Waals surface area contributed by atoms with Crippen LogP contribution in [0.5, 0.6) is 0 Å². The number of aryl methyl sites for hydroxylation is 1. The summed E-state index contributed by atoms with van der Waals surface area (Å²) in [6, 6.07) is 27.8. The normalized spacial score (nSPS) is 15.6. The lowest BCUT2D eigenvalue weighted by Crippen LogP contribution is -2.25. The predicted molar refractivity (Wildman–Crippen MR) is 121 cm³/mol. The first-order chi connectivity index (χ1) is 15.1. The Hall–Kier alpha value is -3.99. The number of fused-ring (bicyclic) bond motifs is 1. The summed E-state index contributed by atoms with van der Waals surface area (Å²) in [4.78, 5) is 17.2. The fourth-order valence-corrected chi connectivity index (χ4v) is 3.82. The number of hydrazone groups is 1. The standard InChI is InChI=1S/C26H21N3O2/c1-17-9-8-12-20(15-17)26-29(18(2)30)28-25(31-26)22-16-24(19-10-4-3-5-11-19)27-23-14-7-6-13-21(22)23/h3-16,26H,1-2H3/t26-/m0/s1. The minimum atomic E-state index is -0.598. The monoisotopic (exact) mass is 407 g/mol. The molecule has 0 unspecified atom stereocenters. The number of rotatable bonds is 3. The van der Waals surface area contributed by atoms with Gasteiger partial charge in [0.1, 0.15) is 0 Å². The van der Waals surface area contributed by atoms with Crippen molar-refractivity contribution in [3.05, 3.63) is 102 Å². The van der Waals surface area contributed by atoms with Crippen molar-refractivity contribution in [2.24, 2.45) is 5.10 Å². The third-order valence-electron chi connectivity index (χ3n) is 5.31. The van der Waals surface area contributed by atoms with Gasteiger partial charge in [0.15, 0.2) is 0 Å². The Morgan fingerprint density at radius 1 is 0.935 bits per heavy atom. The molecule has 1 amide bonds. The van der Waals surface area contributed by atoms with Gasteiger partial charge in [-0.25, -0.2) is 4.98 Å². The highest BCUT2D eigenvalue weighted by molar-refractivity contribution is 6.08. The van der Waals surface area contributed by atoms with E-state index in [1.807, 2.05) is 91.9 Å². The summed E-state index contributed by atoms with van der Waals surface area (Å²) in [6.07, 6.45) is -0.598. The maximum absolute atomic E-state index is 12.4. The van der Waals surface area contributed by atoms with Crippen molar-refractivity contribution >= 4 is 22.7 Å². The molecule has 3 aromatic carbocycles. The molecule has 152 valence electrons. The van der Waals surface area contributed by atoms with Gasteiger partial charge in [0.2, 0.25) is 18.0 Å². The molecule has 0 radical (unpaired) electrons. The van der Waals surface area contributed by atoms with Crippen molar-refractivity contribution in [2.45, 2.75) is 20.1 Å². The topological polar surface area (TPSA) is 54.8 Å². The Morgan fingerprint density at radius 2 is 1.71 bits per heavy atom. The molecule has 1 aliphatic heterocycles. The Morgan fingerprint density at radius 3 is 2.48 bits per heavy atom. The van der Waals surface area contributed by atoms with Crippen LogP contribution in [0.25, 0.3) is 22.2 Å². The van der Waals surface area contributed by atoms with Crippen molar-refractivity contribution in [3.8, 4) is 11.3 Å². The summed E-state index contributed by atoms with van der Waals surface area (Å²) in [5.74, 6) is 0.237. The van der Waals surface area contributed by atoms with E-state index in [2.05, 4.69) is 5.10 Å². The van der Waals surface area contributed by atoms with Gasteiger partial charge in [-0.1, -0.05) is 78.4 Å². The molecule has 0 aliphatic carbocycles. The maximum Gasteiger partial charge on any atom is 0.243 e. The van der Waals surface area contributed by atoms with Gasteiger partial charge in [-0.3, -0.25) is 4.79 Å². The molecule has 2 heterocycles. The van der Waals surface area contributed by atoms with Crippen LogP contribution in [0.3, 0.4) is 0 Å². The highest BCUT2D eigenvalue weighted by Crippen LogP contribution is 2.33. The molecule has 1 aliphatic rings. The van der Waals surface area contributed by atoms with Crippen LogP contribution in [0.2, 0.25) is 0 Å². The molecule has 0 saturated carbocycles. The minimum Gasteiger partial charge on any atom is -0.446 e. The summed E-state index contributed by atoms with van der Waals surface area (Å²) in [6.45, 7) is 3.51. The third-order valence-corrected chi connectivity index (χ3v) is 5.31. The maximum atomic E-state index is 12.4. The zero-order chi connectivity index (χ0) is 21.4. The second kappa shape index (κ2) is 7.69. The number of hydrogen-bond donors (Lipinski definition) is 0. The second-order valence-electron chi connectivity index (χ2n) is 7.59. The smallest absolute Gasteiger partial charge is 0.243 e. The largest absolute Gasteiger partial charge is 0.446 e. The van der Waals surface area contributed by atoms with E-state index in [4.69, 9.17) is 9.72 Å². The van der Waals surface area contributed by atoms with Crippen LogP contribution in [0.1, 0.15) is 29.8 Å². The Labute approximate surface area is 180 Å². The molecule has 5 rings (SSSR count). The number of pyridine rings is 1. The van der Waals surface area contributed by atoms with Crippen molar-refractivity contribution < 1.29 is 9.53 Å². The van der Waals surface area contributed by atoms with Crippen LogP contribution < -0.4 is 0 Å². The number of para-hydroxylation sites is 1.